The average Bonchev–Trinajstić information content (AvgIpc) is 3.01. The Kier molecular flexibility index (Phi) is 5.57. The maximum absolute atomic E-state index is 12.9. The van der Waals surface area contributed by atoms with Gasteiger partial charge >= 0.3 is 0 Å². The van der Waals surface area contributed by atoms with Crippen molar-refractivity contribution in [1.29, 1.82) is 0 Å². The van der Waals surface area contributed by atoms with E-state index in [-0.39, 0.29) is 16.7 Å². The monoisotopic (exact) mass is 350 g/mol. The summed E-state index contributed by atoms with van der Waals surface area (Å²) in [4.78, 5) is 11.7. The molecule has 0 aliphatic rings. The van der Waals surface area contributed by atoms with E-state index in [0.29, 0.717) is 12.2 Å². The summed E-state index contributed by atoms with van der Waals surface area (Å²) in [6.45, 7) is 5.57. The number of hydrogen-bond donors (Lipinski definition) is 1. The van der Waals surface area contributed by atoms with Gasteiger partial charge in [0.15, 0.2) is 0 Å². The first-order valence-corrected chi connectivity index (χ1v) is 9.22. The fraction of sp³-hybridized carbons (Fsp3) is 0.188. The standard InChI is InChI=1S/C16H18N2O3S2/c1-3-11-18(14-7-5-4-6-8-14)23(20,21)16-10-9-15(22-16)12-17-13(2)19/h3-10H,1,11-12H2,2H3,(H,17,19). The van der Waals surface area contributed by atoms with Gasteiger partial charge in [-0.15, -0.1) is 17.9 Å². The highest BCUT2D eigenvalue weighted by molar-refractivity contribution is 7.94. The molecule has 0 radical (unpaired) electrons. The van der Waals surface area contributed by atoms with E-state index in [2.05, 4.69) is 11.9 Å². The summed E-state index contributed by atoms with van der Waals surface area (Å²) in [6.07, 6.45) is 1.55. The number of benzene rings is 1. The molecule has 7 heteroatoms. The minimum atomic E-state index is -3.67. The molecule has 0 unspecified atom stereocenters. The second kappa shape index (κ2) is 7.43. The summed E-state index contributed by atoms with van der Waals surface area (Å²) < 4.78 is 27.3. The van der Waals surface area contributed by atoms with Crippen LogP contribution in [0, 0.1) is 0 Å². The predicted molar refractivity (Wildman–Crippen MR) is 93.0 cm³/mol. The zero-order valence-corrected chi connectivity index (χ0v) is 14.4. The van der Waals surface area contributed by atoms with Gasteiger partial charge in [0.05, 0.1) is 18.8 Å². The van der Waals surface area contributed by atoms with Gasteiger partial charge in [0.2, 0.25) is 5.91 Å². The smallest absolute Gasteiger partial charge is 0.274 e. The molecule has 0 atom stereocenters. The van der Waals surface area contributed by atoms with Crippen molar-refractivity contribution in [3.8, 4) is 0 Å². The van der Waals surface area contributed by atoms with Crippen molar-refractivity contribution >= 4 is 33.0 Å². The topological polar surface area (TPSA) is 66.5 Å². The van der Waals surface area contributed by atoms with Crippen molar-refractivity contribution in [1.82, 2.24) is 5.32 Å². The van der Waals surface area contributed by atoms with Crippen LogP contribution >= 0.6 is 11.3 Å². The number of nitrogens with one attached hydrogen (secondary N) is 1. The van der Waals surface area contributed by atoms with Crippen LogP contribution in [-0.2, 0) is 21.4 Å². The molecule has 1 heterocycles. The Bertz CT molecular complexity index is 783. The Morgan fingerprint density at radius 3 is 2.57 bits per heavy atom. The molecule has 0 spiro atoms. The number of para-hydroxylation sites is 1. The highest BCUT2D eigenvalue weighted by Gasteiger charge is 2.25. The molecule has 0 fully saturated rings. The second-order valence-corrected chi connectivity index (χ2v) is 8.05. The Hall–Kier alpha value is -2.12. The van der Waals surface area contributed by atoms with Crippen molar-refractivity contribution in [3.05, 3.63) is 60.0 Å². The maximum Gasteiger partial charge on any atom is 0.274 e. The number of anilines is 1. The van der Waals surface area contributed by atoms with E-state index in [0.717, 1.165) is 16.2 Å². The molecule has 1 amide bonds. The number of carbonyl (C=O) groups is 1. The molecule has 2 rings (SSSR count). The van der Waals surface area contributed by atoms with E-state index in [4.69, 9.17) is 0 Å². The van der Waals surface area contributed by atoms with Gasteiger partial charge < -0.3 is 5.32 Å². The van der Waals surface area contributed by atoms with Gasteiger partial charge in [-0.25, -0.2) is 8.42 Å². The predicted octanol–water partition coefficient (Wildman–Crippen LogP) is 2.77. The third kappa shape index (κ3) is 4.20. The minimum Gasteiger partial charge on any atom is -0.351 e. The molecule has 0 bridgehead atoms. The molecule has 0 saturated carbocycles. The molecule has 5 nitrogen and oxygen atoms in total. The van der Waals surface area contributed by atoms with Crippen LogP contribution in [0.2, 0.25) is 0 Å². The number of nitrogens with zero attached hydrogens (tertiary/aromatic N) is 1. The van der Waals surface area contributed by atoms with Gasteiger partial charge in [-0.1, -0.05) is 24.3 Å². The van der Waals surface area contributed by atoms with Gasteiger partial charge in [0.1, 0.15) is 4.21 Å². The van der Waals surface area contributed by atoms with Crippen molar-refractivity contribution in [3.63, 3.8) is 0 Å². The largest absolute Gasteiger partial charge is 0.351 e. The first-order chi connectivity index (χ1) is 10.9. The van der Waals surface area contributed by atoms with Crippen molar-refractivity contribution < 1.29 is 13.2 Å². The third-order valence-corrected chi connectivity index (χ3v) is 6.38. The molecule has 2 aromatic rings. The number of sulfonamides is 1. The van der Waals surface area contributed by atoms with Gasteiger partial charge in [-0.2, -0.15) is 0 Å². The summed E-state index contributed by atoms with van der Waals surface area (Å²) in [7, 11) is -3.67. The summed E-state index contributed by atoms with van der Waals surface area (Å²) in [5, 5.41) is 2.66. The van der Waals surface area contributed by atoms with E-state index >= 15 is 0 Å². The van der Waals surface area contributed by atoms with E-state index in [1.165, 1.54) is 11.2 Å². The molecule has 0 saturated heterocycles. The van der Waals surface area contributed by atoms with Gasteiger partial charge in [0, 0.05) is 11.8 Å². The first-order valence-electron chi connectivity index (χ1n) is 6.97. The average molecular weight is 350 g/mol. The molecule has 0 aliphatic heterocycles. The molecule has 1 aromatic heterocycles. The molecule has 1 N–H and O–H groups in total. The number of amides is 1. The summed E-state index contributed by atoms with van der Waals surface area (Å²) >= 11 is 1.15. The van der Waals surface area contributed by atoms with E-state index < -0.39 is 10.0 Å². The van der Waals surface area contributed by atoms with Crippen LogP contribution in [-0.4, -0.2) is 20.9 Å². The van der Waals surface area contributed by atoms with E-state index in [9.17, 15) is 13.2 Å². The lowest BCUT2D eigenvalue weighted by Crippen LogP contribution is -2.30. The number of hydrogen-bond acceptors (Lipinski definition) is 4. The van der Waals surface area contributed by atoms with Gasteiger partial charge in [-0.05, 0) is 24.3 Å². The Morgan fingerprint density at radius 2 is 1.96 bits per heavy atom. The summed E-state index contributed by atoms with van der Waals surface area (Å²) in [5.74, 6) is -0.152. The molecular formula is C16H18N2O3S2. The molecule has 0 aliphatic carbocycles. The molecule has 1 aromatic carbocycles. The third-order valence-electron chi connectivity index (χ3n) is 3.03. The number of carbonyl (C=O) groups excluding carboxylic acids is 1. The quantitative estimate of drug-likeness (QED) is 0.781. The Labute approximate surface area is 140 Å². The highest BCUT2D eigenvalue weighted by atomic mass is 32.2. The highest BCUT2D eigenvalue weighted by Crippen LogP contribution is 2.28. The fourth-order valence-electron chi connectivity index (χ4n) is 1.97. The molecule has 23 heavy (non-hydrogen) atoms. The second-order valence-electron chi connectivity index (χ2n) is 4.79. The molecular weight excluding hydrogens is 332 g/mol. The van der Waals surface area contributed by atoms with Crippen LogP contribution in [0.5, 0.6) is 0 Å². The fourth-order valence-corrected chi connectivity index (χ4v) is 4.81. The van der Waals surface area contributed by atoms with Gasteiger partial charge in [0.25, 0.3) is 10.0 Å². The van der Waals surface area contributed by atoms with Crippen molar-refractivity contribution in [2.75, 3.05) is 10.8 Å². The Morgan fingerprint density at radius 1 is 1.26 bits per heavy atom. The van der Waals surface area contributed by atoms with Crippen LogP contribution in [0.3, 0.4) is 0 Å². The van der Waals surface area contributed by atoms with Crippen LogP contribution in [0.4, 0.5) is 5.69 Å². The lowest BCUT2D eigenvalue weighted by atomic mass is 10.3. The number of rotatable bonds is 7. The van der Waals surface area contributed by atoms with Gasteiger partial charge in [-0.3, -0.25) is 9.10 Å². The van der Waals surface area contributed by atoms with Crippen LogP contribution in [0.15, 0.2) is 59.3 Å². The minimum absolute atomic E-state index is 0.152. The summed E-state index contributed by atoms with van der Waals surface area (Å²) in [6, 6.07) is 12.2. The van der Waals surface area contributed by atoms with Crippen LogP contribution in [0.1, 0.15) is 11.8 Å². The summed E-state index contributed by atoms with van der Waals surface area (Å²) in [5.41, 5.74) is 0.587. The lowest BCUT2D eigenvalue weighted by molar-refractivity contribution is -0.119. The number of thiophene rings is 1. The van der Waals surface area contributed by atoms with Crippen LogP contribution in [0.25, 0.3) is 0 Å². The Balaban J connectivity index is 2.31. The van der Waals surface area contributed by atoms with Crippen LogP contribution < -0.4 is 9.62 Å². The first kappa shape index (κ1) is 17.2. The van der Waals surface area contributed by atoms with E-state index in [1.807, 2.05) is 6.07 Å². The maximum atomic E-state index is 12.9. The zero-order chi connectivity index (χ0) is 16.9. The molecule has 122 valence electrons. The SMILES string of the molecule is C=CCN(c1ccccc1)S(=O)(=O)c1ccc(CNC(C)=O)s1. The lowest BCUT2D eigenvalue weighted by Gasteiger charge is -2.22. The normalized spacial score (nSPS) is 11.0. The van der Waals surface area contributed by atoms with Crippen molar-refractivity contribution in [2.24, 2.45) is 0 Å². The van der Waals surface area contributed by atoms with Crippen molar-refractivity contribution in [2.45, 2.75) is 17.7 Å². The zero-order valence-electron chi connectivity index (χ0n) is 12.7. The van der Waals surface area contributed by atoms with E-state index in [1.54, 1.807) is 42.5 Å².